The van der Waals surface area contributed by atoms with Crippen molar-refractivity contribution in [1.82, 2.24) is 14.9 Å². The first-order valence-electron chi connectivity index (χ1n) is 9.51. The average molecular weight is 402 g/mol. The second kappa shape index (κ2) is 8.86. The van der Waals surface area contributed by atoms with E-state index in [0.717, 1.165) is 17.7 Å². The standard InChI is InChI=1S/C21H27N3O3S/c1-16-5-10-19(28(26,27)22-2)13-20(16)21(25)23-14-17-6-8-18(9-7-17)15-24-11-3-4-12-24/h5-10,13,22H,3-4,11-12,14-15H2,1-2H3,(H,23,25). The van der Waals surface area contributed by atoms with Crippen LogP contribution in [-0.2, 0) is 23.1 Å². The Kier molecular flexibility index (Phi) is 6.49. The maximum absolute atomic E-state index is 12.6. The van der Waals surface area contributed by atoms with Crippen LogP contribution in [-0.4, -0.2) is 39.4 Å². The van der Waals surface area contributed by atoms with Crippen LogP contribution in [0.5, 0.6) is 0 Å². The van der Waals surface area contributed by atoms with Gasteiger partial charge in [-0.25, -0.2) is 13.1 Å². The van der Waals surface area contributed by atoms with Crippen molar-refractivity contribution in [3.63, 3.8) is 0 Å². The number of rotatable bonds is 7. The van der Waals surface area contributed by atoms with Crippen LogP contribution in [0.3, 0.4) is 0 Å². The highest BCUT2D eigenvalue weighted by Gasteiger charge is 2.16. The van der Waals surface area contributed by atoms with E-state index >= 15 is 0 Å². The molecule has 1 heterocycles. The van der Waals surface area contributed by atoms with Crippen molar-refractivity contribution in [2.24, 2.45) is 0 Å². The zero-order valence-electron chi connectivity index (χ0n) is 16.4. The third-order valence-corrected chi connectivity index (χ3v) is 6.53. The van der Waals surface area contributed by atoms with Gasteiger partial charge in [0.15, 0.2) is 0 Å². The van der Waals surface area contributed by atoms with E-state index in [9.17, 15) is 13.2 Å². The smallest absolute Gasteiger partial charge is 0.251 e. The van der Waals surface area contributed by atoms with Crippen LogP contribution < -0.4 is 10.0 Å². The van der Waals surface area contributed by atoms with Crippen LogP contribution >= 0.6 is 0 Å². The summed E-state index contributed by atoms with van der Waals surface area (Å²) in [5, 5.41) is 2.88. The molecular weight excluding hydrogens is 374 g/mol. The second-order valence-corrected chi connectivity index (χ2v) is 9.05. The Morgan fingerprint density at radius 1 is 1.04 bits per heavy atom. The van der Waals surface area contributed by atoms with E-state index < -0.39 is 10.0 Å². The highest BCUT2D eigenvalue weighted by atomic mass is 32.2. The SMILES string of the molecule is CNS(=O)(=O)c1ccc(C)c(C(=O)NCc2ccc(CN3CCCC3)cc2)c1. The fourth-order valence-corrected chi connectivity index (χ4v) is 4.13. The van der Waals surface area contributed by atoms with Gasteiger partial charge >= 0.3 is 0 Å². The minimum atomic E-state index is -3.59. The zero-order valence-corrected chi connectivity index (χ0v) is 17.2. The van der Waals surface area contributed by atoms with Crippen LogP contribution in [0, 0.1) is 6.92 Å². The van der Waals surface area contributed by atoms with Gasteiger partial charge in [-0.15, -0.1) is 0 Å². The number of benzene rings is 2. The number of likely N-dealkylation sites (tertiary alicyclic amines) is 1. The number of hydrogen-bond donors (Lipinski definition) is 2. The Morgan fingerprint density at radius 3 is 2.32 bits per heavy atom. The number of amides is 1. The van der Waals surface area contributed by atoms with Gasteiger partial charge in [0.2, 0.25) is 10.0 Å². The van der Waals surface area contributed by atoms with E-state index in [-0.39, 0.29) is 10.8 Å². The van der Waals surface area contributed by atoms with E-state index in [0.29, 0.717) is 12.1 Å². The van der Waals surface area contributed by atoms with Crippen molar-refractivity contribution in [3.05, 3.63) is 64.7 Å². The molecule has 0 atom stereocenters. The Balaban J connectivity index is 1.63. The highest BCUT2D eigenvalue weighted by Crippen LogP contribution is 2.16. The molecule has 1 fully saturated rings. The largest absolute Gasteiger partial charge is 0.348 e. The first-order chi connectivity index (χ1) is 13.4. The average Bonchev–Trinajstić information content (AvgIpc) is 3.20. The van der Waals surface area contributed by atoms with Crippen molar-refractivity contribution in [1.29, 1.82) is 0 Å². The fourth-order valence-electron chi connectivity index (χ4n) is 3.37. The Morgan fingerprint density at radius 2 is 1.68 bits per heavy atom. The topological polar surface area (TPSA) is 78.5 Å². The fraction of sp³-hybridized carbons (Fsp3) is 0.381. The van der Waals surface area contributed by atoms with Crippen molar-refractivity contribution in [3.8, 4) is 0 Å². The summed E-state index contributed by atoms with van der Waals surface area (Å²) in [6.07, 6.45) is 2.56. The van der Waals surface area contributed by atoms with Gasteiger partial charge in [-0.3, -0.25) is 9.69 Å². The van der Waals surface area contributed by atoms with E-state index in [4.69, 9.17) is 0 Å². The number of carbonyl (C=O) groups excluding carboxylic acids is 1. The molecule has 1 amide bonds. The summed E-state index contributed by atoms with van der Waals surface area (Å²) in [6.45, 7) is 5.49. The van der Waals surface area contributed by atoms with E-state index in [1.807, 2.05) is 12.1 Å². The summed E-state index contributed by atoms with van der Waals surface area (Å²) in [7, 11) is -2.24. The predicted molar refractivity (Wildman–Crippen MR) is 110 cm³/mol. The molecule has 6 nitrogen and oxygen atoms in total. The molecule has 0 aliphatic carbocycles. The summed E-state index contributed by atoms with van der Waals surface area (Å²) < 4.78 is 26.2. The molecular formula is C21H27N3O3S. The molecule has 0 bridgehead atoms. The van der Waals surface area contributed by atoms with Crippen LogP contribution in [0.15, 0.2) is 47.4 Å². The van der Waals surface area contributed by atoms with Crippen LogP contribution in [0.25, 0.3) is 0 Å². The number of carbonyl (C=O) groups is 1. The quantitative estimate of drug-likeness (QED) is 0.747. The van der Waals surface area contributed by atoms with Crippen molar-refractivity contribution in [2.75, 3.05) is 20.1 Å². The lowest BCUT2D eigenvalue weighted by Crippen LogP contribution is -2.25. The monoisotopic (exact) mass is 401 g/mol. The molecule has 0 radical (unpaired) electrons. The Bertz CT molecular complexity index is 934. The Labute approximate surface area is 167 Å². The molecule has 0 aromatic heterocycles. The lowest BCUT2D eigenvalue weighted by Gasteiger charge is -2.15. The summed E-state index contributed by atoms with van der Waals surface area (Å²) in [6, 6.07) is 12.8. The first-order valence-corrected chi connectivity index (χ1v) is 11.0. The molecule has 150 valence electrons. The van der Waals surface area contributed by atoms with Gasteiger partial charge in [-0.2, -0.15) is 0 Å². The van der Waals surface area contributed by atoms with E-state index in [1.54, 1.807) is 13.0 Å². The van der Waals surface area contributed by atoms with Crippen molar-refractivity contribution >= 4 is 15.9 Å². The normalized spacial score (nSPS) is 14.9. The number of hydrogen-bond acceptors (Lipinski definition) is 4. The molecule has 1 aliphatic rings. The third-order valence-electron chi connectivity index (χ3n) is 5.11. The lowest BCUT2D eigenvalue weighted by molar-refractivity contribution is 0.0950. The molecule has 2 N–H and O–H groups in total. The van der Waals surface area contributed by atoms with Crippen LogP contribution in [0.2, 0.25) is 0 Å². The molecule has 0 unspecified atom stereocenters. The van der Waals surface area contributed by atoms with Gasteiger partial charge in [0.05, 0.1) is 4.90 Å². The minimum absolute atomic E-state index is 0.0806. The number of aryl methyl sites for hydroxylation is 1. The van der Waals surface area contributed by atoms with Crippen molar-refractivity contribution < 1.29 is 13.2 Å². The highest BCUT2D eigenvalue weighted by molar-refractivity contribution is 7.89. The molecule has 1 aliphatic heterocycles. The summed E-state index contributed by atoms with van der Waals surface area (Å²) in [4.78, 5) is 15.1. The number of sulfonamides is 1. The summed E-state index contributed by atoms with van der Waals surface area (Å²) >= 11 is 0. The van der Waals surface area contributed by atoms with Crippen LogP contribution in [0.4, 0.5) is 0 Å². The third kappa shape index (κ3) is 4.98. The second-order valence-electron chi connectivity index (χ2n) is 7.17. The summed E-state index contributed by atoms with van der Waals surface area (Å²) in [5.41, 5.74) is 3.38. The van der Waals surface area contributed by atoms with Gasteiger partial charge in [0, 0.05) is 18.7 Å². The van der Waals surface area contributed by atoms with Gasteiger partial charge in [-0.05, 0) is 68.7 Å². The lowest BCUT2D eigenvalue weighted by atomic mass is 10.1. The van der Waals surface area contributed by atoms with Crippen molar-refractivity contribution in [2.45, 2.75) is 37.8 Å². The molecule has 0 spiro atoms. The molecule has 28 heavy (non-hydrogen) atoms. The summed E-state index contributed by atoms with van der Waals surface area (Å²) in [5.74, 6) is -0.285. The minimum Gasteiger partial charge on any atom is -0.348 e. The van der Waals surface area contributed by atoms with E-state index in [1.165, 1.54) is 50.7 Å². The maximum atomic E-state index is 12.6. The van der Waals surface area contributed by atoms with Gasteiger partial charge in [-0.1, -0.05) is 30.3 Å². The van der Waals surface area contributed by atoms with E-state index in [2.05, 4.69) is 27.1 Å². The van der Waals surface area contributed by atoms with Gasteiger partial charge in [0.25, 0.3) is 5.91 Å². The molecule has 1 saturated heterocycles. The van der Waals surface area contributed by atoms with Crippen LogP contribution in [0.1, 0.15) is 39.9 Å². The number of nitrogens with zero attached hydrogens (tertiary/aromatic N) is 1. The van der Waals surface area contributed by atoms with Gasteiger partial charge < -0.3 is 5.32 Å². The molecule has 0 saturated carbocycles. The predicted octanol–water partition coefficient (Wildman–Crippen LogP) is 2.43. The molecule has 2 aromatic carbocycles. The molecule has 2 aromatic rings. The Hall–Kier alpha value is -2.22. The van der Waals surface area contributed by atoms with Gasteiger partial charge in [0.1, 0.15) is 0 Å². The first kappa shape index (κ1) is 20.5. The molecule has 7 heteroatoms. The maximum Gasteiger partial charge on any atom is 0.251 e. The number of nitrogens with one attached hydrogen (secondary N) is 2. The molecule has 3 rings (SSSR count). The zero-order chi connectivity index (χ0) is 20.1.